The van der Waals surface area contributed by atoms with Gasteiger partial charge in [-0.05, 0) is 0 Å². The molecule has 61 valence electrons. The van der Waals surface area contributed by atoms with Crippen molar-refractivity contribution >= 4 is 17.3 Å². The van der Waals surface area contributed by atoms with Gasteiger partial charge in [0.05, 0.1) is 5.69 Å². The van der Waals surface area contributed by atoms with E-state index in [9.17, 15) is 4.79 Å². The van der Waals surface area contributed by atoms with Gasteiger partial charge in [0.25, 0.3) is 5.91 Å². The molecule has 0 saturated carbocycles. The Labute approximate surface area is 96.0 Å². The molecule has 0 aliphatic carbocycles. The molecule has 1 radical (unpaired) electrons. The monoisotopic (exact) mass is 242 g/mol. The molecule has 5 nitrogen and oxygen atoms in total. The van der Waals surface area contributed by atoms with Gasteiger partial charge in [0.15, 0.2) is 7.11 Å². The maximum absolute atomic E-state index is 10.7. The largest absolute Gasteiger partial charge is 0.697 e. The smallest absolute Gasteiger partial charge is 0.269 e. The van der Waals surface area contributed by atoms with Crippen molar-refractivity contribution < 1.29 is 38.9 Å². The summed E-state index contributed by atoms with van der Waals surface area (Å²) in [5.74, 6) is -0.718. The van der Waals surface area contributed by atoms with Gasteiger partial charge in [-0.3, -0.25) is 9.78 Å². The predicted octanol–water partition coefficient (Wildman–Crippen LogP) is 0.444. The average Bonchev–Trinajstić information content (AvgIpc) is 2.03. The summed E-state index contributed by atoms with van der Waals surface area (Å²) in [5, 5.41) is 0. The third kappa shape index (κ3) is 2.42. The van der Waals surface area contributed by atoms with Crippen LogP contribution < -0.4 is 11.5 Å². The van der Waals surface area contributed by atoms with E-state index in [-0.39, 0.29) is 49.8 Å². The SMILES string of the molecule is [3H]Nc1cc([NH-])cnc1C(N)=O.[Y]. The third-order valence-electron chi connectivity index (χ3n) is 1.12. The molecule has 0 bridgehead atoms. The molecule has 0 atom stereocenters. The van der Waals surface area contributed by atoms with Gasteiger partial charge in [0.2, 0.25) is 0 Å². The van der Waals surface area contributed by atoms with Crippen LogP contribution >= 0.6 is 0 Å². The second kappa shape index (κ2) is 4.37. The van der Waals surface area contributed by atoms with Crippen molar-refractivity contribution in [3.63, 3.8) is 0 Å². The molecule has 1 aromatic heterocycles. The molecular weight excluding hydrogens is 233 g/mol. The molecule has 0 saturated heterocycles. The number of rotatable bonds is 2. The molecule has 0 aliphatic rings. The van der Waals surface area contributed by atoms with Crippen LogP contribution in [0.1, 0.15) is 10.5 Å². The molecular formula is C6H7N4OY-. The van der Waals surface area contributed by atoms with Crippen LogP contribution in [0.4, 0.5) is 11.4 Å². The first-order valence-corrected chi connectivity index (χ1v) is 2.84. The molecule has 1 amide bonds. The minimum atomic E-state index is -0.718. The van der Waals surface area contributed by atoms with Crippen LogP contribution in [0.2, 0.25) is 1.41 Å². The molecule has 0 aliphatic heterocycles. The van der Waals surface area contributed by atoms with Crippen molar-refractivity contribution in [2.75, 3.05) is 5.73 Å². The number of primary amides is 1. The zero-order valence-corrected chi connectivity index (χ0v) is 9.00. The number of carbonyl (C=O) groups excluding carboxylic acids is 1. The minimum Gasteiger partial charge on any atom is -0.697 e. The molecule has 1 heterocycles. The standard InChI is InChI=1S/C6H8N4O.Y/c7-3-1-4(8)5(6(9)11)10-2-3;/h1-2H,(H6,7,8,9,11);/p-1/i/hT. The Balaban J connectivity index is 0.00000144. The van der Waals surface area contributed by atoms with E-state index in [4.69, 9.17) is 12.9 Å². The van der Waals surface area contributed by atoms with Gasteiger partial charge in [-0.25, -0.2) is 0 Å². The molecule has 0 spiro atoms. The second-order valence-corrected chi connectivity index (χ2v) is 1.98. The van der Waals surface area contributed by atoms with Crippen LogP contribution in [0.15, 0.2) is 12.3 Å². The van der Waals surface area contributed by atoms with E-state index >= 15 is 0 Å². The summed E-state index contributed by atoms with van der Waals surface area (Å²) in [7, 11) is 0. The predicted molar refractivity (Wildman–Crippen MR) is 41.1 cm³/mol. The van der Waals surface area contributed by atoms with Crippen molar-refractivity contribution in [2.24, 2.45) is 5.73 Å². The van der Waals surface area contributed by atoms with Gasteiger partial charge < -0.3 is 17.2 Å². The Morgan fingerprint density at radius 2 is 2.42 bits per heavy atom. The van der Waals surface area contributed by atoms with Crippen LogP contribution in [0.5, 0.6) is 0 Å². The van der Waals surface area contributed by atoms with E-state index in [1.165, 1.54) is 12.3 Å². The van der Waals surface area contributed by atoms with E-state index in [0.29, 0.717) is 0 Å². The number of nitrogens with two attached hydrogens (primary N) is 2. The summed E-state index contributed by atoms with van der Waals surface area (Å²) < 4.78 is 6.79. The van der Waals surface area contributed by atoms with Gasteiger partial charge in [0, 0.05) is 38.9 Å². The van der Waals surface area contributed by atoms with Crippen molar-refractivity contribution in [1.29, 1.82) is 0 Å². The molecule has 12 heavy (non-hydrogen) atoms. The van der Waals surface area contributed by atoms with Gasteiger partial charge in [0.1, 0.15) is 0 Å². The van der Waals surface area contributed by atoms with Crippen LogP contribution in [0, 0.1) is 0 Å². The van der Waals surface area contributed by atoms with Gasteiger partial charge in [-0.1, -0.05) is 6.07 Å². The molecule has 5 N–H and O–H groups in total. The number of nitrogens with one attached hydrogen (secondary N) is 1. The molecule has 0 fully saturated rings. The summed E-state index contributed by atoms with van der Waals surface area (Å²) in [5.41, 5.74) is 14.3. The third-order valence-corrected chi connectivity index (χ3v) is 1.12. The first-order chi connectivity index (χ1) is 5.65. The first-order valence-electron chi connectivity index (χ1n) is 3.34. The fourth-order valence-corrected chi connectivity index (χ4v) is 0.661. The van der Waals surface area contributed by atoms with Crippen LogP contribution in [0.3, 0.4) is 0 Å². The second-order valence-electron chi connectivity index (χ2n) is 1.98. The molecule has 0 aromatic carbocycles. The van der Waals surface area contributed by atoms with E-state index in [0.717, 1.165) is 0 Å². The molecule has 0 unspecified atom stereocenters. The number of nitrogens with zero attached hydrogens (tertiary/aromatic N) is 1. The van der Waals surface area contributed by atoms with Crippen molar-refractivity contribution in [1.82, 2.24) is 4.98 Å². The number of anilines is 1. The Kier molecular flexibility index (Phi) is 3.43. The van der Waals surface area contributed by atoms with Crippen LogP contribution in [-0.4, -0.2) is 10.9 Å². The quantitative estimate of drug-likeness (QED) is 0.785. The Morgan fingerprint density at radius 3 is 2.92 bits per heavy atom. The maximum atomic E-state index is 10.7. The summed E-state index contributed by atoms with van der Waals surface area (Å²) in [6.45, 7) is 0. The first kappa shape index (κ1) is 9.41. The number of aromatic nitrogens is 1. The molecule has 1 rings (SSSR count). The van der Waals surface area contributed by atoms with E-state index in [1.807, 2.05) is 5.73 Å². The minimum absolute atomic E-state index is 0. The van der Waals surface area contributed by atoms with Crippen LogP contribution in [0.25, 0.3) is 5.73 Å². The number of nitrogen functional groups attached to an aromatic ring is 1. The topological polar surface area (TPSA) is 106 Å². The van der Waals surface area contributed by atoms with Crippen molar-refractivity contribution in [3.8, 4) is 0 Å². The maximum Gasteiger partial charge on any atom is 0.269 e. The average molecular weight is 242 g/mol. The number of hydrogen-bond donors (Lipinski definition) is 2. The summed E-state index contributed by atoms with van der Waals surface area (Å²) in [4.78, 5) is 14.3. The van der Waals surface area contributed by atoms with Crippen LogP contribution in [-0.2, 0) is 32.7 Å². The summed E-state index contributed by atoms with van der Waals surface area (Å²) >= 11 is 0. The van der Waals surface area contributed by atoms with Crippen molar-refractivity contribution in [2.45, 2.75) is 0 Å². The van der Waals surface area contributed by atoms with Gasteiger partial charge in [-0.2, -0.15) is 0 Å². The fraction of sp³-hybridized carbons (Fsp3) is 0. The van der Waals surface area contributed by atoms with Gasteiger partial charge in [-0.15, -0.1) is 5.69 Å². The normalized spacial score (nSPS) is 9.50. The zero-order chi connectivity index (χ0) is 9.14. The van der Waals surface area contributed by atoms with E-state index in [1.54, 1.807) is 0 Å². The number of hydrogen-bond acceptors (Lipinski definition) is 3. The summed E-state index contributed by atoms with van der Waals surface area (Å²) in [6.07, 6.45) is 1.20. The Hall–Kier alpha value is -0.676. The number of amides is 1. The number of carbonyl (C=O) groups is 1. The van der Waals surface area contributed by atoms with Gasteiger partial charge >= 0.3 is 0 Å². The Bertz CT molecular complexity index is 320. The Morgan fingerprint density at radius 1 is 1.75 bits per heavy atom. The summed E-state index contributed by atoms with van der Waals surface area (Å²) in [6, 6.07) is 1.31. The fourth-order valence-electron chi connectivity index (χ4n) is 0.661. The van der Waals surface area contributed by atoms with Crippen molar-refractivity contribution in [3.05, 3.63) is 23.7 Å². The van der Waals surface area contributed by atoms with E-state index < -0.39 is 5.91 Å². The molecule has 6 heteroatoms. The number of pyridine rings is 1. The van der Waals surface area contributed by atoms with E-state index in [2.05, 4.69) is 4.98 Å². The zero-order valence-electron chi connectivity index (χ0n) is 7.16. The molecule has 1 aromatic rings.